The lowest BCUT2D eigenvalue weighted by Crippen LogP contribution is -2.32. The fraction of sp³-hybridized carbons (Fsp3) is 1.00. The Kier molecular flexibility index (Phi) is 10.1. The van der Waals surface area contributed by atoms with Gasteiger partial charge in [-0.2, -0.15) is 8.78 Å². The second-order valence-corrected chi connectivity index (χ2v) is 6.69. The molecule has 0 saturated heterocycles. The third kappa shape index (κ3) is 13.0. The van der Waals surface area contributed by atoms with E-state index in [0.717, 1.165) is 32.1 Å². The fourth-order valence-corrected chi connectivity index (χ4v) is 2.27. The molecule has 0 aromatic rings. The van der Waals surface area contributed by atoms with Gasteiger partial charge in [-0.25, -0.2) is 22.3 Å². The predicted octanol–water partition coefficient (Wildman–Crippen LogP) is 2.92. The number of hydrogen-bond donors (Lipinski definition) is 1. The molecule has 0 aliphatic rings. The summed E-state index contributed by atoms with van der Waals surface area (Å²) < 4.78 is 74.3. The maximum atomic E-state index is 12.5. The Labute approximate surface area is 123 Å². The third-order valence-electron chi connectivity index (χ3n) is 2.83. The van der Waals surface area contributed by atoms with E-state index in [4.69, 9.17) is 5.14 Å². The van der Waals surface area contributed by atoms with Crippen LogP contribution in [0.25, 0.3) is 0 Å². The molecular formula is C12H23F4NO3S. The molecule has 0 rings (SSSR count). The Balaban J connectivity index is 3.30. The second-order valence-electron chi connectivity index (χ2n) is 4.96. The zero-order valence-corrected chi connectivity index (χ0v) is 12.7. The summed E-state index contributed by atoms with van der Waals surface area (Å²) in [6.07, 6.45) is 1.54. The Hall–Kier alpha value is -0.410. The van der Waals surface area contributed by atoms with E-state index in [2.05, 4.69) is 4.74 Å². The van der Waals surface area contributed by atoms with Gasteiger partial charge in [0.15, 0.2) is 0 Å². The molecule has 0 amide bonds. The van der Waals surface area contributed by atoms with Crippen molar-refractivity contribution in [3.05, 3.63) is 0 Å². The number of alkyl halides is 4. The molecule has 0 fully saturated rings. The average molecular weight is 337 g/mol. The molecule has 0 aromatic carbocycles. The van der Waals surface area contributed by atoms with Crippen molar-refractivity contribution in [3.8, 4) is 0 Å². The summed E-state index contributed by atoms with van der Waals surface area (Å²) >= 11 is 0. The first-order valence-electron chi connectivity index (χ1n) is 6.89. The molecule has 2 N–H and O–H groups in total. The molecule has 9 heteroatoms. The van der Waals surface area contributed by atoms with E-state index in [1.165, 1.54) is 0 Å². The van der Waals surface area contributed by atoms with Crippen molar-refractivity contribution in [2.45, 2.75) is 57.3 Å². The number of hydrogen-bond acceptors (Lipinski definition) is 3. The standard InChI is InChI=1S/C12H23F4NO3S/c13-11(14)12(15,16)10-20-8-6-4-2-1-3-5-7-9-21(17,18)19/h11H,1-10H2,(H2,17,18,19). The van der Waals surface area contributed by atoms with Crippen LogP contribution in [0.1, 0.15) is 44.9 Å². The third-order valence-corrected chi connectivity index (χ3v) is 3.69. The highest BCUT2D eigenvalue weighted by atomic mass is 32.2. The van der Waals surface area contributed by atoms with E-state index in [1.807, 2.05) is 0 Å². The van der Waals surface area contributed by atoms with Crippen molar-refractivity contribution in [1.29, 1.82) is 0 Å². The second kappa shape index (κ2) is 10.3. The first-order valence-corrected chi connectivity index (χ1v) is 8.61. The summed E-state index contributed by atoms with van der Waals surface area (Å²) in [5, 5.41) is 4.85. The molecule has 128 valence electrons. The monoisotopic (exact) mass is 337 g/mol. The number of primary sulfonamides is 1. The van der Waals surface area contributed by atoms with Crippen LogP contribution in [0, 0.1) is 0 Å². The number of rotatable bonds is 13. The first-order chi connectivity index (χ1) is 9.65. The van der Waals surface area contributed by atoms with Crippen LogP contribution in [0.2, 0.25) is 0 Å². The minimum absolute atomic E-state index is 0.0147. The van der Waals surface area contributed by atoms with Crippen molar-refractivity contribution in [1.82, 2.24) is 0 Å². The lowest BCUT2D eigenvalue weighted by atomic mass is 10.1. The van der Waals surface area contributed by atoms with Gasteiger partial charge in [0.25, 0.3) is 0 Å². The molecule has 0 unspecified atom stereocenters. The summed E-state index contributed by atoms with van der Waals surface area (Å²) in [5.74, 6) is -4.09. The van der Waals surface area contributed by atoms with Gasteiger partial charge in [-0.15, -0.1) is 0 Å². The summed E-state index contributed by atoms with van der Waals surface area (Å²) in [6, 6.07) is 0. The molecule has 0 spiro atoms. The minimum Gasteiger partial charge on any atom is -0.375 e. The molecule has 21 heavy (non-hydrogen) atoms. The lowest BCUT2D eigenvalue weighted by Gasteiger charge is -2.14. The van der Waals surface area contributed by atoms with Gasteiger partial charge >= 0.3 is 12.3 Å². The molecule has 0 aromatic heterocycles. The fourth-order valence-electron chi connectivity index (χ4n) is 1.66. The number of halogens is 4. The summed E-state index contributed by atoms with van der Waals surface area (Å²) in [6.45, 7) is -1.22. The van der Waals surface area contributed by atoms with Crippen molar-refractivity contribution < 1.29 is 30.7 Å². The van der Waals surface area contributed by atoms with Crippen LogP contribution in [0.15, 0.2) is 0 Å². The lowest BCUT2D eigenvalue weighted by molar-refractivity contribution is -0.165. The smallest absolute Gasteiger partial charge is 0.330 e. The van der Waals surface area contributed by atoms with Crippen LogP contribution < -0.4 is 5.14 Å². The van der Waals surface area contributed by atoms with E-state index in [9.17, 15) is 26.0 Å². The molecule has 0 aliphatic heterocycles. The van der Waals surface area contributed by atoms with Gasteiger partial charge in [0.2, 0.25) is 10.0 Å². The average Bonchev–Trinajstić information content (AvgIpc) is 2.34. The van der Waals surface area contributed by atoms with Crippen molar-refractivity contribution >= 4 is 10.0 Å². The highest BCUT2D eigenvalue weighted by Crippen LogP contribution is 2.22. The quantitative estimate of drug-likeness (QED) is 0.415. The maximum Gasteiger partial charge on any atom is 0.330 e. The molecule has 0 heterocycles. The predicted molar refractivity (Wildman–Crippen MR) is 72.1 cm³/mol. The van der Waals surface area contributed by atoms with Crippen LogP contribution in [0.5, 0.6) is 0 Å². The molecular weight excluding hydrogens is 314 g/mol. The van der Waals surface area contributed by atoms with Crippen LogP contribution in [0.4, 0.5) is 17.6 Å². The maximum absolute atomic E-state index is 12.5. The number of unbranched alkanes of at least 4 members (excludes halogenated alkanes) is 6. The molecule has 4 nitrogen and oxygen atoms in total. The summed E-state index contributed by atoms with van der Waals surface area (Å²) in [7, 11) is -3.38. The van der Waals surface area contributed by atoms with Crippen LogP contribution in [-0.2, 0) is 14.8 Å². The molecule has 0 bridgehead atoms. The van der Waals surface area contributed by atoms with E-state index in [-0.39, 0.29) is 12.4 Å². The van der Waals surface area contributed by atoms with E-state index >= 15 is 0 Å². The largest absolute Gasteiger partial charge is 0.375 e. The number of sulfonamides is 1. The SMILES string of the molecule is NS(=O)(=O)CCCCCCCCCOCC(F)(F)C(F)F. The Morgan fingerprint density at radius 3 is 1.90 bits per heavy atom. The number of nitrogens with two attached hydrogens (primary N) is 1. The highest BCUT2D eigenvalue weighted by molar-refractivity contribution is 7.89. The van der Waals surface area contributed by atoms with Crippen LogP contribution >= 0.6 is 0 Å². The number of ether oxygens (including phenoxy) is 1. The van der Waals surface area contributed by atoms with Crippen molar-refractivity contribution in [3.63, 3.8) is 0 Å². The molecule has 0 radical (unpaired) electrons. The van der Waals surface area contributed by atoms with Crippen LogP contribution in [0.3, 0.4) is 0 Å². The first kappa shape index (κ1) is 20.6. The van der Waals surface area contributed by atoms with Crippen LogP contribution in [-0.4, -0.2) is 39.7 Å². The molecule has 0 aliphatic carbocycles. The van der Waals surface area contributed by atoms with Gasteiger partial charge in [0.1, 0.15) is 6.61 Å². The van der Waals surface area contributed by atoms with Gasteiger partial charge < -0.3 is 4.74 Å². The topological polar surface area (TPSA) is 69.4 Å². The minimum atomic E-state index is -4.08. The summed E-state index contributed by atoms with van der Waals surface area (Å²) in [4.78, 5) is 0. The Bertz CT molecular complexity index is 364. The van der Waals surface area contributed by atoms with Gasteiger partial charge in [-0.1, -0.05) is 32.1 Å². The zero-order chi connectivity index (χ0) is 16.4. The van der Waals surface area contributed by atoms with E-state index in [0.29, 0.717) is 12.8 Å². The molecule has 0 atom stereocenters. The van der Waals surface area contributed by atoms with Gasteiger partial charge in [0.05, 0.1) is 5.75 Å². The van der Waals surface area contributed by atoms with Gasteiger partial charge in [-0.3, -0.25) is 0 Å². The Morgan fingerprint density at radius 1 is 0.952 bits per heavy atom. The van der Waals surface area contributed by atoms with Crippen molar-refractivity contribution in [2.75, 3.05) is 19.0 Å². The van der Waals surface area contributed by atoms with E-state index in [1.54, 1.807) is 0 Å². The van der Waals surface area contributed by atoms with Gasteiger partial charge in [-0.05, 0) is 12.8 Å². The van der Waals surface area contributed by atoms with Crippen molar-refractivity contribution in [2.24, 2.45) is 5.14 Å². The zero-order valence-electron chi connectivity index (χ0n) is 11.9. The van der Waals surface area contributed by atoms with E-state index < -0.39 is 29.0 Å². The normalized spacial score (nSPS) is 13.0. The Morgan fingerprint density at radius 2 is 1.43 bits per heavy atom. The van der Waals surface area contributed by atoms with Gasteiger partial charge in [0, 0.05) is 6.61 Å². The highest BCUT2D eigenvalue weighted by Gasteiger charge is 2.40. The summed E-state index contributed by atoms with van der Waals surface area (Å²) in [5.41, 5.74) is 0. The molecule has 0 saturated carbocycles.